The van der Waals surface area contributed by atoms with Gasteiger partial charge in [0, 0.05) is 23.5 Å². The average molecular weight is 346 g/mol. The standard InChI is InChI=1S/C18H19FN2O2S/c1-2-23-14-9-7-13(8-10-14)20-18(22)21-11-12-24-17(21)15-5-3-4-6-16(15)19/h3-10,17H,2,11-12H2,1H3,(H,20,22)/t17-/m1/s1. The fourth-order valence-electron chi connectivity index (χ4n) is 2.61. The van der Waals surface area contributed by atoms with Crippen molar-refractivity contribution in [2.75, 3.05) is 24.2 Å². The molecule has 126 valence electrons. The first-order valence-electron chi connectivity index (χ1n) is 7.85. The van der Waals surface area contributed by atoms with E-state index in [1.165, 1.54) is 6.07 Å². The van der Waals surface area contributed by atoms with Crippen LogP contribution in [0, 0.1) is 5.82 Å². The van der Waals surface area contributed by atoms with E-state index in [1.54, 1.807) is 47.0 Å². The van der Waals surface area contributed by atoms with Crippen molar-refractivity contribution >= 4 is 23.5 Å². The van der Waals surface area contributed by atoms with Crippen LogP contribution in [0.25, 0.3) is 0 Å². The lowest BCUT2D eigenvalue weighted by Crippen LogP contribution is -2.34. The van der Waals surface area contributed by atoms with Crippen molar-refractivity contribution in [2.45, 2.75) is 12.3 Å². The van der Waals surface area contributed by atoms with Gasteiger partial charge >= 0.3 is 6.03 Å². The summed E-state index contributed by atoms with van der Waals surface area (Å²) in [5.41, 5.74) is 1.23. The number of hydrogen-bond acceptors (Lipinski definition) is 3. The first-order chi connectivity index (χ1) is 11.7. The van der Waals surface area contributed by atoms with E-state index >= 15 is 0 Å². The lowest BCUT2D eigenvalue weighted by molar-refractivity contribution is 0.213. The van der Waals surface area contributed by atoms with E-state index in [0.29, 0.717) is 24.4 Å². The van der Waals surface area contributed by atoms with Gasteiger partial charge in [-0.25, -0.2) is 9.18 Å². The van der Waals surface area contributed by atoms with E-state index < -0.39 is 0 Å². The Balaban J connectivity index is 1.71. The molecule has 1 atom stereocenters. The van der Waals surface area contributed by atoms with E-state index in [9.17, 15) is 9.18 Å². The minimum atomic E-state index is -0.297. The van der Waals surface area contributed by atoms with E-state index in [0.717, 1.165) is 11.5 Å². The molecule has 2 aromatic rings. The maximum atomic E-state index is 14.0. The number of benzene rings is 2. The Morgan fingerprint density at radius 2 is 2.04 bits per heavy atom. The molecule has 0 radical (unpaired) electrons. The Morgan fingerprint density at radius 1 is 1.29 bits per heavy atom. The molecular weight excluding hydrogens is 327 g/mol. The van der Waals surface area contributed by atoms with E-state index in [4.69, 9.17) is 4.74 Å². The smallest absolute Gasteiger partial charge is 0.323 e. The number of nitrogens with one attached hydrogen (secondary N) is 1. The second-order valence-corrected chi connectivity index (χ2v) is 6.51. The van der Waals surface area contributed by atoms with Crippen LogP contribution < -0.4 is 10.1 Å². The minimum Gasteiger partial charge on any atom is -0.494 e. The number of hydrogen-bond donors (Lipinski definition) is 1. The van der Waals surface area contributed by atoms with Gasteiger partial charge in [0.2, 0.25) is 0 Å². The number of anilines is 1. The summed E-state index contributed by atoms with van der Waals surface area (Å²) in [4.78, 5) is 14.2. The van der Waals surface area contributed by atoms with E-state index in [1.807, 2.05) is 19.1 Å². The van der Waals surface area contributed by atoms with Gasteiger partial charge in [-0.3, -0.25) is 0 Å². The molecular formula is C18H19FN2O2S. The summed E-state index contributed by atoms with van der Waals surface area (Å²) in [6.45, 7) is 3.11. The third kappa shape index (κ3) is 3.64. The van der Waals surface area contributed by atoms with Crippen molar-refractivity contribution < 1.29 is 13.9 Å². The molecule has 1 aliphatic heterocycles. The molecule has 0 spiro atoms. The van der Waals surface area contributed by atoms with Crippen LogP contribution in [0.15, 0.2) is 48.5 Å². The molecule has 6 heteroatoms. The SMILES string of the molecule is CCOc1ccc(NC(=O)N2CCS[C@@H]2c2ccccc2F)cc1. The summed E-state index contributed by atoms with van der Waals surface area (Å²) < 4.78 is 19.4. The number of urea groups is 1. The Kier molecular flexibility index (Phi) is 5.25. The third-order valence-corrected chi connectivity index (χ3v) is 4.98. The van der Waals surface area contributed by atoms with Gasteiger partial charge in [0.05, 0.1) is 6.61 Å². The fraction of sp³-hybridized carbons (Fsp3) is 0.278. The van der Waals surface area contributed by atoms with Crippen LogP contribution in [0.1, 0.15) is 17.9 Å². The van der Waals surface area contributed by atoms with Crippen molar-refractivity contribution in [3.8, 4) is 5.75 Å². The molecule has 0 aliphatic carbocycles. The third-order valence-electron chi connectivity index (χ3n) is 3.74. The molecule has 24 heavy (non-hydrogen) atoms. The molecule has 1 N–H and O–H groups in total. The van der Waals surface area contributed by atoms with Crippen LogP contribution in [0.2, 0.25) is 0 Å². The van der Waals surface area contributed by atoms with Crippen molar-refractivity contribution in [2.24, 2.45) is 0 Å². The van der Waals surface area contributed by atoms with Crippen LogP contribution in [-0.2, 0) is 0 Å². The monoisotopic (exact) mass is 346 g/mol. The molecule has 0 saturated carbocycles. The topological polar surface area (TPSA) is 41.6 Å². The van der Waals surface area contributed by atoms with Crippen LogP contribution in [0.4, 0.5) is 14.9 Å². The molecule has 0 aromatic heterocycles. The molecule has 2 aromatic carbocycles. The summed E-state index contributed by atoms with van der Waals surface area (Å²) >= 11 is 1.57. The van der Waals surface area contributed by atoms with Crippen LogP contribution in [0.5, 0.6) is 5.75 Å². The van der Waals surface area contributed by atoms with Crippen molar-refractivity contribution in [3.63, 3.8) is 0 Å². The lowest BCUT2D eigenvalue weighted by atomic mass is 10.2. The predicted octanol–water partition coefficient (Wildman–Crippen LogP) is 4.50. The number of amides is 2. The summed E-state index contributed by atoms with van der Waals surface area (Å²) in [5.74, 6) is 1.27. The summed E-state index contributed by atoms with van der Waals surface area (Å²) in [5, 5.41) is 2.57. The van der Waals surface area contributed by atoms with Gasteiger partial charge in [0.1, 0.15) is 16.9 Å². The Morgan fingerprint density at radius 3 is 2.75 bits per heavy atom. The van der Waals surface area contributed by atoms with Crippen LogP contribution in [0.3, 0.4) is 0 Å². The number of ether oxygens (including phenoxy) is 1. The highest BCUT2D eigenvalue weighted by Gasteiger charge is 2.32. The highest BCUT2D eigenvalue weighted by molar-refractivity contribution is 7.99. The van der Waals surface area contributed by atoms with Crippen molar-refractivity contribution in [3.05, 3.63) is 59.9 Å². The quantitative estimate of drug-likeness (QED) is 0.886. The van der Waals surface area contributed by atoms with Gasteiger partial charge in [-0.1, -0.05) is 18.2 Å². The van der Waals surface area contributed by atoms with Crippen LogP contribution >= 0.6 is 11.8 Å². The van der Waals surface area contributed by atoms with E-state index in [-0.39, 0.29) is 17.2 Å². The molecule has 1 fully saturated rings. The molecule has 3 rings (SSSR count). The molecule has 0 unspecified atom stereocenters. The molecule has 0 bridgehead atoms. The Labute approximate surface area is 145 Å². The number of halogens is 1. The van der Waals surface area contributed by atoms with Gasteiger partial charge in [-0.05, 0) is 37.3 Å². The minimum absolute atomic E-state index is 0.225. The highest BCUT2D eigenvalue weighted by Crippen LogP contribution is 2.39. The maximum Gasteiger partial charge on any atom is 0.323 e. The number of carbonyl (C=O) groups excluding carboxylic acids is 1. The highest BCUT2D eigenvalue weighted by atomic mass is 32.2. The fourth-order valence-corrected chi connectivity index (χ4v) is 3.88. The first-order valence-corrected chi connectivity index (χ1v) is 8.90. The van der Waals surface area contributed by atoms with Crippen molar-refractivity contribution in [1.29, 1.82) is 0 Å². The van der Waals surface area contributed by atoms with Gasteiger partial charge in [0.25, 0.3) is 0 Å². The number of carbonyl (C=O) groups is 1. The first kappa shape index (κ1) is 16.6. The van der Waals surface area contributed by atoms with Gasteiger partial charge in [-0.2, -0.15) is 0 Å². The zero-order valence-corrected chi connectivity index (χ0v) is 14.2. The molecule has 1 aliphatic rings. The summed E-state index contributed by atoms with van der Waals surface area (Å²) in [6, 6.07) is 13.6. The zero-order chi connectivity index (χ0) is 16.9. The Hall–Kier alpha value is -2.21. The number of rotatable bonds is 4. The van der Waals surface area contributed by atoms with Crippen LogP contribution in [-0.4, -0.2) is 29.8 Å². The van der Waals surface area contributed by atoms with E-state index in [2.05, 4.69) is 5.32 Å². The van der Waals surface area contributed by atoms with Gasteiger partial charge in [-0.15, -0.1) is 11.8 Å². The molecule has 4 nitrogen and oxygen atoms in total. The zero-order valence-electron chi connectivity index (χ0n) is 13.4. The van der Waals surface area contributed by atoms with Crippen molar-refractivity contribution in [1.82, 2.24) is 4.90 Å². The second kappa shape index (κ2) is 7.57. The van der Waals surface area contributed by atoms with Gasteiger partial charge in [0.15, 0.2) is 0 Å². The molecule has 1 saturated heterocycles. The number of nitrogens with zero attached hydrogens (tertiary/aromatic N) is 1. The second-order valence-electron chi connectivity index (χ2n) is 5.33. The predicted molar refractivity (Wildman–Crippen MR) is 94.9 cm³/mol. The molecule has 2 amide bonds. The normalized spacial score (nSPS) is 16.9. The number of thioether (sulfide) groups is 1. The largest absolute Gasteiger partial charge is 0.494 e. The molecule has 1 heterocycles. The summed E-state index contributed by atoms with van der Waals surface area (Å²) in [6.07, 6.45) is 0. The van der Waals surface area contributed by atoms with Gasteiger partial charge < -0.3 is 15.0 Å². The maximum absolute atomic E-state index is 14.0. The average Bonchev–Trinajstić information content (AvgIpc) is 3.07. The summed E-state index contributed by atoms with van der Waals surface area (Å²) in [7, 11) is 0. The Bertz CT molecular complexity index is 708. The lowest BCUT2D eigenvalue weighted by Gasteiger charge is -2.24.